The number of carbonyl (C=O) groups excluding carboxylic acids is 2. The lowest BCUT2D eigenvalue weighted by Crippen LogP contribution is -2.29. The van der Waals surface area contributed by atoms with E-state index in [0.29, 0.717) is 5.75 Å². The van der Waals surface area contributed by atoms with E-state index >= 15 is 0 Å². The van der Waals surface area contributed by atoms with Gasteiger partial charge in [-0.3, -0.25) is 14.5 Å². The van der Waals surface area contributed by atoms with Gasteiger partial charge >= 0.3 is 6.18 Å². The normalized spacial score (nSPS) is 17.6. The van der Waals surface area contributed by atoms with Crippen LogP contribution in [-0.4, -0.2) is 28.0 Å². The van der Waals surface area contributed by atoms with Crippen molar-refractivity contribution < 1.29 is 37.7 Å². The number of alkyl halides is 3. The number of carbonyl (C=O) groups is 2. The summed E-state index contributed by atoms with van der Waals surface area (Å²) >= 11 is 0. The monoisotopic (exact) mass is 497 g/mol. The standard InChI is InChI=1S/C27H22F3NO5/c1-15(2)36-21-12-6-16(7-13-21)24(33)22-23(17-4-3-5-20(32)14-17)31(26(35)25(22)34)19-10-8-18(9-11-19)27(28,29)30/h3-15,23,32-33H,1-2H3/b24-22+. The number of halogens is 3. The molecule has 9 heteroatoms. The SMILES string of the molecule is CC(C)Oc1ccc(/C(O)=C2\C(=O)C(=O)N(c3ccc(C(F)(F)F)cc3)C2c2cccc(O)c2)cc1. The van der Waals surface area contributed by atoms with Gasteiger partial charge in [-0.1, -0.05) is 12.1 Å². The van der Waals surface area contributed by atoms with E-state index < -0.39 is 35.2 Å². The van der Waals surface area contributed by atoms with Gasteiger partial charge in [-0.05, 0) is 80.1 Å². The number of aromatic hydroxyl groups is 1. The zero-order chi connectivity index (χ0) is 26.2. The summed E-state index contributed by atoms with van der Waals surface area (Å²) in [7, 11) is 0. The summed E-state index contributed by atoms with van der Waals surface area (Å²) in [5.41, 5.74) is -0.626. The maximum atomic E-state index is 13.1. The van der Waals surface area contributed by atoms with Crippen molar-refractivity contribution in [1.29, 1.82) is 0 Å². The number of rotatable bonds is 5. The lowest BCUT2D eigenvalue weighted by atomic mass is 9.95. The Labute approximate surface area is 204 Å². The zero-order valence-corrected chi connectivity index (χ0v) is 19.3. The summed E-state index contributed by atoms with van der Waals surface area (Å²) < 4.78 is 44.8. The highest BCUT2D eigenvalue weighted by molar-refractivity contribution is 6.51. The fourth-order valence-corrected chi connectivity index (χ4v) is 4.04. The molecule has 1 amide bonds. The lowest BCUT2D eigenvalue weighted by Gasteiger charge is -2.26. The number of anilines is 1. The van der Waals surface area contributed by atoms with Crippen LogP contribution in [0.5, 0.6) is 11.5 Å². The predicted octanol–water partition coefficient (Wildman–Crippen LogP) is 5.82. The van der Waals surface area contributed by atoms with Crippen molar-refractivity contribution in [3.05, 3.63) is 95.1 Å². The topological polar surface area (TPSA) is 87.1 Å². The van der Waals surface area contributed by atoms with Crippen molar-refractivity contribution in [3.8, 4) is 11.5 Å². The molecule has 2 N–H and O–H groups in total. The summed E-state index contributed by atoms with van der Waals surface area (Å²) in [5, 5.41) is 21.2. The first-order chi connectivity index (χ1) is 17.0. The summed E-state index contributed by atoms with van der Waals surface area (Å²) in [6.07, 6.45) is -4.66. The van der Waals surface area contributed by atoms with E-state index in [1.165, 1.54) is 30.3 Å². The molecule has 0 aliphatic carbocycles. The number of hydrogen-bond donors (Lipinski definition) is 2. The van der Waals surface area contributed by atoms with E-state index in [-0.39, 0.29) is 34.2 Å². The minimum atomic E-state index is -4.58. The van der Waals surface area contributed by atoms with Gasteiger partial charge in [-0.15, -0.1) is 0 Å². The van der Waals surface area contributed by atoms with E-state index in [9.17, 15) is 33.0 Å². The van der Waals surface area contributed by atoms with Gasteiger partial charge in [0.25, 0.3) is 11.7 Å². The number of nitrogens with zero attached hydrogens (tertiary/aromatic N) is 1. The molecule has 0 saturated carbocycles. The summed E-state index contributed by atoms with van der Waals surface area (Å²) in [6.45, 7) is 3.71. The van der Waals surface area contributed by atoms with Crippen LogP contribution in [0.2, 0.25) is 0 Å². The van der Waals surface area contributed by atoms with Gasteiger partial charge in [0.05, 0.1) is 23.3 Å². The van der Waals surface area contributed by atoms with E-state index in [1.807, 2.05) is 13.8 Å². The molecule has 1 aliphatic rings. The summed E-state index contributed by atoms with van der Waals surface area (Å²) in [4.78, 5) is 27.3. The van der Waals surface area contributed by atoms with E-state index in [4.69, 9.17) is 4.74 Å². The predicted molar refractivity (Wildman–Crippen MR) is 127 cm³/mol. The van der Waals surface area contributed by atoms with Crippen LogP contribution in [0.1, 0.15) is 36.6 Å². The highest BCUT2D eigenvalue weighted by Crippen LogP contribution is 2.43. The molecule has 1 fully saturated rings. The maximum absolute atomic E-state index is 13.1. The van der Waals surface area contributed by atoms with Crippen molar-refractivity contribution >= 4 is 23.1 Å². The number of aliphatic hydroxyl groups excluding tert-OH is 1. The van der Waals surface area contributed by atoms with Crippen molar-refractivity contribution in [2.45, 2.75) is 32.2 Å². The molecule has 1 heterocycles. The summed E-state index contributed by atoms with van der Waals surface area (Å²) in [5.74, 6) is -2.11. The third kappa shape index (κ3) is 4.77. The Morgan fingerprint density at radius 1 is 0.972 bits per heavy atom. The summed E-state index contributed by atoms with van der Waals surface area (Å²) in [6, 6.07) is 14.6. The lowest BCUT2D eigenvalue weighted by molar-refractivity contribution is -0.137. The molecule has 1 aliphatic heterocycles. The van der Waals surface area contributed by atoms with Crippen LogP contribution in [0.3, 0.4) is 0 Å². The molecule has 1 atom stereocenters. The van der Waals surface area contributed by atoms with Gasteiger partial charge in [0.15, 0.2) is 0 Å². The fraction of sp³-hybridized carbons (Fsp3) is 0.185. The maximum Gasteiger partial charge on any atom is 0.416 e. The Morgan fingerprint density at radius 3 is 2.17 bits per heavy atom. The van der Waals surface area contributed by atoms with Gasteiger partial charge in [0.1, 0.15) is 17.3 Å². The number of benzene rings is 3. The first-order valence-electron chi connectivity index (χ1n) is 11.0. The van der Waals surface area contributed by atoms with Crippen LogP contribution < -0.4 is 9.64 Å². The fourth-order valence-electron chi connectivity index (χ4n) is 4.04. The van der Waals surface area contributed by atoms with Crippen molar-refractivity contribution in [3.63, 3.8) is 0 Å². The molecule has 0 radical (unpaired) electrons. The highest BCUT2D eigenvalue weighted by Gasteiger charge is 2.47. The van der Waals surface area contributed by atoms with E-state index in [0.717, 1.165) is 29.2 Å². The molecule has 0 aromatic heterocycles. The smallest absolute Gasteiger partial charge is 0.416 e. The van der Waals surface area contributed by atoms with Crippen LogP contribution in [-0.2, 0) is 15.8 Å². The second-order valence-electron chi connectivity index (χ2n) is 8.50. The van der Waals surface area contributed by atoms with Gasteiger partial charge < -0.3 is 14.9 Å². The van der Waals surface area contributed by atoms with Crippen LogP contribution in [0, 0.1) is 0 Å². The van der Waals surface area contributed by atoms with Crippen LogP contribution in [0.15, 0.2) is 78.4 Å². The number of ether oxygens (including phenoxy) is 1. The Bertz CT molecular complexity index is 1330. The average Bonchev–Trinajstić information content (AvgIpc) is 3.09. The van der Waals surface area contributed by atoms with Gasteiger partial charge in [0.2, 0.25) is 0 Å². The number of phenolic OH excluding ortho intramolecular Hbond substituents is 1. The average molecular weight is 497 g/mol. The first-order valence-corrected chi connectivity index (χ1v) is 11.0. The van der Waals surface area contributed by atoms with E-state index in [1.54, 1.807) is 18.2 Å². The van der Waals surface area contributed by atoms with Crippen LogP contribution in [0.4, 0.5) is 18.9 Å². The van der Waals surface area contributed by atoms with Crippen molar-refractivity contribution in [2.75, 3.05) is 4.90 Å². The Balaban J connectivity index is 1.85. The second kappa shape index (κ2) is 9.41. The number of ketones is 1. The van der Waals surface area contributed by atoms with E-state index in [2.05, 4.69) is 0 Å². The third-order valence-electron chi connectivity index (χ3n) is 5.60. The number of aliphatic hydroxyl groups is 1. The zero-order valence-electron chi connectivity index (χ0n) is 19.3. The molecular weight excluding hydrogens is 475 g/mol. The molecule has 1 unspecified atom stereocenters. The molecule has 36 heavy (non-hydrogen) atoms. The number of phenols is 1. The molecule has 0 bridgehead atoms. The molecule has 3 aromatic rings. The Kier molecular flexibility index (Phi) is 6.49. The molecular formula is C27H22F3NO5. The first kappa shape index (κ1) is 24.8. The van der Waals surface area contributed by atoms with Crippen molar-refractivity contribution in [2.24, 2.45) is 0 Å². The van der Waals surface area contributed by atoms with Crippen LogP contribution in [0.25, 0.3) is 5.76 Å². The van der Waals surface area contributed by atoms with Gasteiger partial charge in [-0.2, -0.15) is 13.2 Å². The molecule has 1 saturated heterocycles. The molecule has 3 aromatic carbocycles. The van der Waals surface area contributed by atoms with Crippen LogP contribution >= 0.6 is 0 Å². The molecule has 4 rings (SSSR count). The number of hydrogen-bond acceptors (Lipinski definition) is 5. The Hall–Kier alpha value is -4.27. The second-order valence-corrected chi connectivity index (χ2v) is 8.50. The van der Waals surface area contributed by atoms with Gasteiger partial charge in [0, 0.05) is 11.3 Å². The number of amides is 1. The third-order valence-corrected chi connectivity index (χ3v) is 5.60. The number of Topliss-reactive ketones (excluding diaryl/α,β-unsaturated/α-hetero) is 1. The Morgan fingerprint density at radius 2 is 1.61 bits per heavy atom. The molecule has 186 valence electrons. The van der Waals surface area contributed by atoms with Gasteiger partial charge in [-0.25, -0.2) is 0 Å². The largest absolute Gasteiger partial charge is 0.508 e. The molecule has 6 nitrogen and oxygen atoms in total. The van der Waals surface area contributed by atoms with Crippen molar-refractivity contribution in [1.82, 2.24) is 0 Å². The highest BCUT2D eigenvalue weighted by atomic mass is 19.4. The minimum Gasteiger partial charge on any atom is -0.508 e. The quantitative estimate of drug-likeness (QED) is 0.263. The molecule has 0 spiro atoms. The minimum absolute atomic E-state index is 0.0261.